The highest BCUT2D eigenvalue weighted by atomic mass is 31.0. The molecule has 0 aliphatic heterocycles. The monoisotopic (exact) mass is 794 g/mol. The van der Waals surface area contributed by atoms with Gasteiger partial charge in [0.1, 0.15) is 0 Å². The molecule has 0 amide bonds. The summed E-state index contributed by atoms with van der Waals surface area (Å²) in [7, 11) is 7.82. The van der Waals surface area contributed by atoms with Crippen molar-refractivity contribution in [1.82, 2.24) is 0 Å². The second-order valence-corrected chi connectivity index (χ2v) is 9.28. The van der Waals surface area contributed by atoms with Crippen molar-refractivity contribution in [2.45, 2.75) is 12.7 Å². The molecule has 2 atom stereocenters. The van der Waals surface area contributed by atoms with Crippen LogP contribution in [0.15, 0.2) is 11.9 Å². The third-order valence-electron chi connectivity index (χ3n) is 3.96. The molecule has 0 heterocycles. The summed E-state index contributed by atoms with van der Waals surface area (Å²) >= 11 is 0. The molecule has 0 aromatic heterocycles. The fourth-order valence-electron chi connectivity index (χ4n) is 1.95. The summed E-state index contributed by atoms with van der Waals surface area (Å²) in [6, 6.07) is 0. The molecule has 0 aromatic rings. The number of rotatable bonds is 0. The largest absolute Gasteiger partial charge is 0.0970 e. The van der Waals surface area contributed by atoms with E-state index in [0.29, 0.717) is 5.31 Å². The Kier molecular flexibility index (Phi) is 37.5. The zero-order valence-corrected chi connectivity index (χ0v) is 34.1. The second kappa shape index (κ2) is 46.6. The highest BCUT2D eigenvalue weighted by Gasteiger charge is 1.77. The summed E-state index contributed by atoms with van der Waals surface area (Å²) in [5, 5.41) is 0.643. The third-order valence-corrected chi connectivity index (χ3v) is 4.10. The van der Waals surface area contributed by atoms with Gasteiger partial charge in [0.15, 0.2) is 0 Å². The smallest absolute Gasteiger partial charge is 0.0871 e. The molecule has 0 saturated heterocycles. The maximum Gasteiger partial charge on any atom is 0.0871 e. The van der Waals surface area contributed by atoms with Crippen LogP contribution in [0.25, 0.3) is 0 Å². The Morgan fingerprint density at radius 3 is 0.469 bits per heavy atom. The maximum absolute atomic E-state index is 5.46. The molecule has 0 aliphatic rings. The van der Waals surface area contributed by atoms with Crippen LogP contribution in [0, 0.1) is 343 Å². The predicted molar refractivity (Wildman–Crippen MR) is 260 cm³/mol. The average molecular weight is 795 g/mol. The lowest BCUT2D eigenvalue weighted by Crippen LogP contribution is -1.74. The molecular formula is C62H8BP. The SMILES string of the molecule is [B]C(C)C#CC#CC#CC#CC#CC#CC#CC#CC#CC#CC#CC#CC#CC#CC#CC#CC#CC#CC#CC#CC#CC#CC#CC#CC#CC#CC#CC#CC#CC(=C)P. The van der Waals surface area contributed by atoms with Gasteiger partial charge in [-0.05, 0) is 101 Å². The highest BCUT2D eigenvalue weighted by Crippen LogP contribution is 1.95. The van der Waals surface area contributed by atoms with Gasteiger partial charge in [-0.25, -0.2) is 0 Å². The normalized spacial score (nSPS) is 4.91. The van der Waals surface area contributed by atoms with E-state index in [1.807, 2.05) is 0 Å². The van der Waals surface area contributed by atoms with Gasteiger partial charge < -0.3 is 0 Å². The Hall–Kier alpha value is -12.5. The zero-order chi connectivity index (χ0) is 46.2. The molecule has 0 bridgehead atoms. The van der Waals surface area contributed by atoms with Gasteiger partial charge in [-0.2, -0.15) is 0 Å². The minimum Gasteiger partial charge on any atom is -0.0970 e. The number of allylic oxidation sites excluding steroid dienone is 1. The lowest BCUT2D eigenvalue weighted by molar-refractivity contribution is 1.26. The lowest BCUT2D eigenvalue weighted by atomic mass is 9.91. The van der Waals surface area contributed by atoms with Crippen LogP contribution in [0.2, 0.25) is 5.82 Å². The summed E-state index contributed by atoms with van der Waals surface area (Å²) < 4.78 is 0. The molecule has 0 spiro atoms. The van der Waals surface area contributed by atoms with Gasteiger partial charge in [0, 0.05) is 242 Å². The van der Waals surface area contributed by atoms with Crippen molar-refractivity contribution < 1.29 is 0 Å². The fourth-order valence-corrected chi connectivity index (χ4v) is 2.02. The van der Waals surface area contributed by atoms with Crippen LogP contribution in [-0.4, -0.2) is 7.85 Å². The van der Waals surface area contributed by atoms with Crippen LogP contribution in [-0.2, 0) is 0 Å². The summed E-state index contributed by atoms with van der Waals surface area (Å²) in [5.41, 5.74) is 0. The van der Waals surface area contributed by atoms with Crippen LogP contribution in [0.4, 0.5) is 0 Å². The molecule has 2 radical (unpaired) electrons. The van der Waals surface area contributed by atoms with E-state index in [-0.39, 0.29) is 5.82 Å². The molecule has 0 rings (SSSR count). The molecule has 0 saturated carbocycles. The molecule has 0 nitrogen and oxygen atoms in total. The van der Waals surface area contributed by atoms with Crippen LogP contribution in [0.3, 0.4) is 0 Å². The Morgan fingerprint density at radius 1 is 0.250 bits per heavy atom. The van der Waals surface area contributed by atoms with Crippen LogP contribution >= 0.6 is 9.24 Å². The lowest BCUT2D eigenvalue weighted by Gasteiger charge is -1.81. The van der Waals surface area contributed by atoms with E-state index in [4.69, 9.17) is 7.85 Å². The fraction of sp³-hybridized carbons (Fsp3) is 0.0323. The Bertz CT molecular complexity index is 3960. The van der Waals surface area contributed by atoms with E-state index in [2.05, 4.69) is 359 Å². The first-order valence-electron chi connectivity index (χ1n) is 16.3. The van der Waals surface area contributed by atoms with Crippen LogP contribution in [0.5, 0.6) is 0 Å². The average Bonchev–Trinajstić information content (AvgIpc) is 3.28. The van der Waals surface area contributed by atoms with Gasteiger partial charge in [0.2, 0.25) is 0 Å². The molecule has 0 fully saturated rings. The van der Waals surface area contributed by atoms with Gasteiger partial charge in [0.25, 0.3) is 0 Å². The van der Waals surface area contributed by atoms with Crippen LogP contribution in [0.1, 0.15) is 6.92 Å². The van der Waals surface area contributed by atoms with E-state index in [1.54, 1.807) is 6.92 Å². The van der Waals surface area contributed by atoms with Crippen molar-refractivity contribution >= 4 is 17.1 Å². The summed E-state index contributed by atoms with van der Waals surface area (Å²) in [6.45, 7) is 5.35. The molecule has 0 N–H and O–H groups in total. The van der Waals surface area contributed by atoms with Crippen molar-refractivity contribution in [3.63, 3.8) is 0 Å². The van der Waals surface area contributed by atoms with Crippen molar-refractivity contribution in [2.75, 3.05) is 0 Å². The predicted octanol–water partition coefficient (Wildman–Crippen LogP) is 1.45. The topological polar surface area (TPSA) is 0 Å². The molecular weight excluding hydrogens is 786 g/mol. The Labute approximate surface area is 383 Å². The van der Waals surface area contributed by atoms with E-state index in [1.165, 1.54) is 0 Å². The van der Waals surface area contributed by atoms with E-state index in [9.17, 15) is 0 Å². The van der Waals surface area contributed by atoms with Gasteiger partial charge in [-0.1, -0.05) is 34.6 Å². The van der Waals surface area contributed by atoms with Crippen LogP contribution < -0.4 is 0 Å². The first kappa shape index (κ1) is 51.5. The zero-order valence-electron chi connectivity index (χ0n) is 32.9. The first-order chi connectivity index (χ1) is 31.6. The molecule has 64 heavy (non-hydrogen) atoms. The number of hydrogen-bond donors (Lipinski definition) is 0. The molecule has 2 unspecified atom stereocenters. The Balaban J connectivity index is 4.59. The summed E-state index contributed by atoms with van der Waals surface area (Å²) in [6.07, 6.45) is 0. The Morgan fingerprint density at radius 2 is 0.359 bits per heavy atom. The van der Waals surface area contributed by atoms with E-state index < -0.39 is 0 Å². The third kappa shape index (κ3) is 49.5. The first-order valence-corrected chi connectivity index (χ1v) is 16.9. The van der Waals surface area contributed by atoms with Gasteiger partial charge in [-0.3, -0.25) is 0 Å². The molecule has 0 aliphatic carbocycles. The molecule has 264 valence electrons. The molecule has 2 heteroatoms. The van der Waals surface area contributed by atoms with E-state index in [0.717, 1.165) is 0 Å². The van der Waals surface area contributed by atoms with Gasteiger partial charge in [-0.15, -0.1) is 0 Å². The van der Waals surface area contributed by atoms with E-state index >= 15 is 0 Å². The standard InChI is InChI=1S/C62H8BP/c1-61(63)59-57-55-53-51-49-47-45-43-41-39-37-35-33-31-29-27-25-23-21-19-17-15-13-11-9-7-5-3-4-6-8-10-12-14-16-18-20-22-24-26-28-30-32-34-36-38-40-42-44-46-48-50-52-54-56-58-60-62(2)64/h61H,2,64H2,1H3. The quantitative estimate of drug-likeness (QED) is 0.198. The number of hydrogen-bond acceptors (Lipinski definition) is 0. The molecule has 0 aromatic carbocycles. The van der Waals surface area contributed by atoms with Gasteiger partial charge in [0.05, 0.1) is 7.85 Å². The minimum atomic E-state index is -0.234. The van der Waals surface area contributed by atoms with Crippen molar-refractivity contribution in [3.8, 4) is 343 Å². The van der Waals surface area contributed by atoms with Crippen molar-refractivity contribution in [3.05, 3.63) is 11.9 Å². The highest BCUT2D eigenvalue weighted by molar-refractivity contribution is 7.23. The van der Waals surface area contributed by atoms with Crippen molar-refractivity contribution in [1.29, 1.82) is 0 Å². The second-order valence-electron chi connectivity index (χ2n) is 8.58. The minimum absolute atomic E-state index is 0.234. The summed E-state index contributed by atoms with van der Waals surface area (Å²) in [4.78, 5) is 0. The maximum atomic E-state index is 5.46. The van der Waals surface area contributed by atoms with Gasteiger partial charge >= 0.3 is 0 Å². The van der Waals surface area contributed by atoms with Crippen molar-refractivity contribution in [2.24, 2.45) is 0 Å². The summed E-state index contributed by atoms with van der Waals surface area (Å²) in [5.74, 6) is 146.